The fourth-order valence-corrected chi connectivity index (χ4v) is 4.73. The van der Waals surface area contributed by atoms with Crippen LogP contribution in [-0.2, 0) is 16.1 Å². The van der Waals surface area contributed by atoms with E-state index < -0.39 is 11.8 Å². The predicted octanol–water partition coefficient (Wildman–Crippen LogP) is 2.45. The van der Waals surface area contributed by atoms with E-state index in [0.717, 1.165) is 12.3 Å². The number of fused-ring (bicyclic) bond motifs is 1. The molecule has 1 aromatic heterocycles. The molecule has 1 atom stereocenters. The number of halogens is 1. The lowest BCUT2D eigenvalue weighted by molar-refractivity contribution is -0.158. The quantitative estimate of drug-likeness (QED) is 0.777. The van der Waals surface area contributed by atoms with Crippen molar-refractivity contribution in [2.45, 2.75) is 31.8 Å². The van der Waals surface area contributed by atoms with Gasteiger partial charge in [-0.3, -0.25) is 9.59 Å². The van der Waals surface area contributed by atoms with Crippen LogP contribution in [0, 0.1) is 17.7 Å². The summed E-state index contributed by atoms with van der Waals surface area (Å²) in [6, 6.07) is 7.99. The predicted molar refractivity (Wildman–Crippen MR) is 93.6 cm³/mol. The average molecular weight is 369 g/mol. The normalized spacial score (nSPS) is 27.2. The average Bonchev–Trinajstić information content (AvgIpc) is 3.34. The Kier molecular flexibility index (Phi) is 3.77. The molecule has 0 spiro atoms. The summed E-state index contributed by atoms with van der Waals surface area (Å²) in [5.74, 6) is 0.549. The molecule has 140 valence electrons. The summed E-state index contributed by atoms with van der Waals surface area (Å²) in [5, 5.41) is 3.97. The maximum absolute atomic E-state index is 13.4. The standard InChI is InChI=1S/C20H20FN3O3/c21-15-3-1-2-13(9-15)18-10-16(22-27-18)11-23-4-5-24(20(26)19(23)25)17-8-12-6-14(17)7-12/h1-3,9-10,12,14,17H,4-8,11H2/t12?,14?,17-/m1/s1. The molecule has 0 radical (unpaired) electrons. The zero-order valence-electron chi connectivity index (χ0n) is 14.8. The van der Waals surface area contributed by atoms with Crippen LogP contribution in [0.25, 0.3) is 11.3 Å². The highest BCUT2D eigenvalue weighted by molar-refractivity contribution is 6.35. The number of benzene rings is 1. The molecule has 4 fully saturated rings. The maximum Gasteiger partial charge on any atom is 0.312 e. The summed E-state index contributed by atoms with van der Waals surface area (Å²) in [5.41, 5.74) is 1.13. The van der Waals surface area contributed by atoms with Gasteiger partial charge in [-0.1, -0.05) is 17.3 Å². The first kappa shape index (κ1) is 16.5. The van der Waals surface area contributed by atoms with Crippen LogP contribution in [0.2, 0.25) is 0 Å². The Hall–Kier alpha value is -2.70. The maximum atomic E-state index is 13.4. The summed E-state index contributed by atoms with van der Waals surface area (Å²) < 4.78 is 18.6. The highest BCUT2D eigenvalue weighted by atomic mass is 19.1. The second-order valence-electron chi connectivity index (χ2n) is 7.82. The highest BCUT2D eigenvalue weighted by Crippen LogP contribution is 2.50. The van der Waals surface area contributed by atoms with E-state index in [1.165, 1.54) is 29.9 Å². The van der Waals surface area contributed by atoms with Gasteiger partial charge in [-0.15, -0.1) is 0 Å². The van der Waals surface area contributed by atoms with Gasteiger partial charge < -0.3 is 14.3 Å². The van der Waals surface area contributed by atoms with Crippen molar-refractivity contribution in [1.29, 1.82) is 0 Å². The van der Waals surface area contributed by atoms with Crippen molar-refractivity contribution in [3.05, 3.63) is 41.8 Å². The van der Waals surface area contributed by atoms with Gasteiger partial charge in [0.2, 0.25) is 0 Å². The van der Waals surface area contributed by atoms with Crippen LogP contribution < -0.4 is 0 Å². The number of carbonyl (C=O) groups excluding carboxylic acids is 2. The molecule has 3 aliphatic carbocycles. The Morgan fingerprint density at radius 2 is 1.96 bits per heavy atom. The first-order chi connectivity index (χ1) is 13.1. The lowest BCUT2D eigenvalue weighted by Crippen LogP contribution is -2.57. The third kappa shape index (κ3) is 2.81. The van der Waals surface area contributed by atoms with Crippen molar-refractivity contribution in [3.63, 3.8) is 0 Å². The molecule has 27 heavy (non-hydrogen) atoms. The van der Waals surface area contributed by atoms with Gasteiger partial charge in [0.25, 0.3) is 0 Å². The topological polar surface area (TPSA) is 66.7 Å². The molecule has 7 heteroatoms. The van der Waals surface area contributed by atoms with Gasteiger partial charge in [0.15, 0.2) is 5.76 Å². The second-order valence-corrected chi connectivity index (χ2v) is 7.82. The molecule has 4 aliphatic rings. The summed E-state index contributed by atoms with van der Waals surface area (Å²) >= 11 is 0. The van der Waals surface area contributed by atoms with E-state index >= 15 is 0 Å². The Morgan fingerprint density at radius 1 is 1.11 bits per heavy atom. The number of piperazine rings is 1. The number of hydrogen-bond donors (Lipinski definition) is 0. The van der Waals surface area contributed by atoms with E-state index in [1.54, 1.807) is 23.1 Å². The molecule has 1 aliphatic heterocycles. The van der Waals surface area contributed by atoms with Crippen molar-refractivity contribution >= 4 is 11.8 Å². The zero-order valence-corrected chi connectivity index (χ0v) is 14.8. The van der Waals surface area contributed by atoms with E-state index in [9.17, 15) is 14.0 Å². The van der Waals surface area contributed by atoms with Gasteiger partial charge in [0.1, 0.15) is 11.5 Å². The van der Waals surface area contributed by atoms with Crippen molar-refractivity contribution in [2.24, 2.45) is 11.8 Å². The van der Waals surface area contributed by atoms with Crippen LogP contribution in [0.4, 0.5) is 4.39 Å². The fraction of sp³-hybridized carbons (Fsp3) is 0.450. The lowest BCUT2D eigenvalue weighted by Gasteiger charge is -2.38. The van der Waals surface area contributed by atoms with Gasteiger partial charge in [-0.05, 0) is 43.2 Å². The molecular formula is C20H20FN3O3. The van der Waals surface area contributed by atoms with Gasteiger partial charge in [-0.2, -0.15) is 0 Å². The molecule has 6 rings (SSSR count). The van der Waals surface area contributed by atoms with E-state index in [0.29, 0.717) is 36.0 Å². The van der Waals surface area contributed by atoms with E-state index in [2.05, 4.69) is 5.16 Å². The number of nitrogens with zero attached hydrogens (tertiary/aromatic N) is 3. The first-order valence-corrected chi connectivity index (χ1v) is 9.40. The summed E-state index contributed by atoms with van der Waals surface area (Å²) in [6.45, 7) is 1.29. The van der Waals surface area contributed by atoms with Gasteiger partial charge in [-0.25, -0.2) is 4.39 Å². The summed E-state index contributed by atoms with van der Waals surface area (Å²) in [7, 11) is 0. The first-order valence-electron chi connectivity index (χ1n) is 9.40. The molecule has 0 N–H and O–H groups in total. The van der Waals surface area contributed by atoms with Crippen LogP contribution in [0.5, 0.6) is 0 Å². The Balaban J connectivity index is 1.27. The van der Waals surface area contributed by atoms with Crippen molar-refractivity contribution < 1.29 is 18.5 Å². The smallest absolute Gasteiger partial charge is 0.312 e. The van der Waals surface area contributed by atoms with Gasteiger partial charge in [0, 0.05) is 30.8 Å². The van der Waals surface area contributed by atoms with Crippen molar-refractivity contribution in [3.8, 4) is 11.3 Å². The molecule has 2 heterocycles. The molecule has 2 bridgehead atoms. The number of rotatable bonds is 4. The third-order valence-corrected chi connectivity index (χ3v) is 6.15. The van der Waals surface area contributed by atoms with E-state index in [-0.39, 0.29) is 18.4 Å². The molecular weight excluding hydrogens is 349 g/mol. The number of amides is 2. The summed E-state index contributed by atoms with van der Waals surface area (Å²) in [4.78, 5) is 28.5. The van der Waals surface area contributed by atoms with Crippen LogP contribution in [0.1, 0.15) is 25.0 Å². The second kappa shape index (κ2) is 6.18. The minimum Gasteiger partial charge on any atom is -0.356 e. The highest BCUT2D eigenvalue weighted by Gasteiger charge is 2.50. The van der Waals surface area contributed by atoms with E-state index in [1.807, 2.05) is 0 Å². The molecule has 1 aromatic carbocycles. The number of hydrogen-bond acceptors (Lipinski definition) is 4. The molecule has 1 saturated heterocycles. The third-order valence-electron chi connectivity index (χ3n) is 6.15. The van der Waals surface area contributed by atoms with Crippen LogP contribution in [0.15, 0.2) is 34.9 Å². The van der Waals surface area contributed by atoms with Crippen molar-refractivity contribution in [2.75, 3.05) is 13.1 Å². The van der Waals surface area contributed by atoms with Crippen LogP contribution >= 0.6 is 0 Å². The van der Waals surface area contributed by atoms with Gasteiger partial charge >= 0.3 is 11.8 Å². The number of carbonyl (C=O) groups is 2. The fourth-order valence-electron chi connectivity index (χ4n) is 4.73. The molecule has 2 aromatic rings. The number of aromatic nitrogens is 1. The Bertz CT molecular complexity index is 905. The molecule has 6 nitrogen and oxygen atoms in total. The molecule has 0 unspecified atom stereocenters. The largest absolute Gasteiger partial charge is 0.356 e. The zero-order chi connectivity index (χ0) is 18.5. The molecule has 3 saturated carbocycles. The Morgan fingerprint density at radius 3 is 2.70 bits per heavy atom. The lowest BCUT2D eigenvalue weighted by atomic mass is 9.84. The minimum atomic E-state index is -0.472. The van der Waals surface area contributed by atoms with Crippen LogP contribution in [0.3, 0.4) is 0 Å². The SMILES string of the molecule is O=C1C(=O)N([C@@H]2CC3CC2C3)CCN1Cc1cc(-c2cccc(F)c2)on1. The van der Waals surface area contributed by atoms with Gasteiger partial charge in [0.05, 0.1) is 6.54 Å². The minimum absolute atomic E-state index is 0.216. The van der Waals surface area contributed by atoms with E-state index in [4.69, 9.17) is 4.52 Å². The summed E-state index contributed by atoms with van der Waals surface area (Å²) in [6.07, 6.45) is 3.45. The van der Waals surface area contributed by atoms with Crippen molar-refractivity contribution in [1.82, 2.24) is 15.0 Å². The van der Waals surface area contributed by atoms with Crippen LogP contribution in [-0.4, -0.2) is 45.9 Å². The molecule has 2 amide bonds. The monoisotopic (exact) mass is 369 g/mol. The Labute approximate surface area is 155 Å².